The summed E-state index contributed by atoms with van der Waals surface area (Å²) in [6, 6.07) is 7.98. The van der Waals surface area contributed by atoms with Crippen molar-refractivity contribution in [1.29, 1.82) is 0 Å². The Morgan fingerprint density at radius 2 is 2.08 bits per heavy atom. The van der Waals surface area contributed by atoms with Gasteiger partial charge in [0.1, 0.15) is 11.4 Å². The lowest BCUT2D eigenvalue weighted by atomic mass is 9.95. The second-order valence-electron chi connectivity index (χ2n) is 6.15. The number of hydrogen-bond donors (Lipinski definition) is 1. The Balaban J connectivity index is 1.64. The lowest BCUT2D eigenvalue weighted by Crippen LogP contribution is -2.28. The van der Waals surface area contributed by atoms with Gasteiger partial charge in [-0.25, -0.2) is 0 Å². The van der Waals surface area contributed by atoms with Crippen LogP contribution in [0.1, 0.15) is 47.1 Å². The summed E-state index contributed by atoms with van der Waals surface area (Å²) in [6.07, 6.45) is 5.00. The molecule has 1 aromatic carbocycles. The Hall–Kier alpha value is -2.30. The first-order valence-corrected chi connectivity index (χ1v) is 8.74. The number of nitrogens with zero attached hydrogens (tertiary/aromatic N) is 2. The van der Waals surface area contributed by atoms with Crippen molar-refractivity contribution in [2.75, 3.05) is 13.2 Å². The monoisotopic (exact) mass is 327 g/mol. The molecule has 0 saturated carbocycles. The van der Waals surface area contributed by atoms with Crippen LogP contribution in [0.2, 0.25) is 0 Å². The molecule has 0 unspecified atom stereocenters. The number of ether oxygens (including phenoxy) is 1. The van der Waals surface area contributed by atoms with Crippen LogP contribution >= 0.6 is 0 Å². The van der Waals surface area contributed by atoms with Gasteiger partial charge in [-0.05, 0) is 50.7 Å². The van der Waals surface area contributed by atoms with E-state index in [9.17, 15) is 4.79 Å². The quantitative estimate of drug-likeness (QED) is 0.887. The highest BCUT2D eigenvalue weighted by atomic mass is 16.5. The molecule has 0 spiro atoms. The molecule has 0 radical (unpaired) electrons. The van der Waals surface area contributed by atoms with E-state index in [0.29, 0.717) is 13.2 Å². The summed E-state index contributed by atoms with van der Waals surface area (Å²) in [7, 11) is 1.86. The Labute approximate surface area is 143 Å². The summed E-state index contributed by atoms with van der Waals surface area (Å²) in [6.45, 7) is 3.21. The fourth-order valence-electron chi connectivity index (χ4n) is 3.37. The van der Waals surface area contributed by atoms with Gasteiger partial charge in [-0.3, -0.25) is 9.48 Å². The van der Waals surface area contributed by atoms with Gasteiger partial charge in [0.2, 0.25) is 0 Å². The topological polar surface area (TPSA) is 56.1 Å². The summed E-state index contributed by atoms with van der Waals surface area (Å²) < 4.78 is 7.37. The third-order valence-corrected chi connectivity index (χ3v) is 4.49. The van der Waals surface area contributed by atoms with E-state index in [1.54, 1.807) is 4.68 Å². The van der Waals surface area contributed by atoms with Crippen LogP contribution in [0, 0.1) is 0 Å². The van der Waals surface area contributed by atoms with E-state index >= 15 is 0 Å². The molecule has 0 aliphatic heterocycles. The van der Waals surface area contributed by atoms with Gasteiger partial charge < -0.3 is 10.1 Å². The summed E-state index contributed by atoms with van der Waals surface area (Å²) in [5.41, 5.74) is 4.07. The van der Waals surface area contributed by atoms with Crippen LogP contribution in [0.3, 0.4) is 0 Å². The third-order valence-electron chi connectivity index (χ3n) is 4.49. The number of amides is 1. The van der Waals surface area contributed by atoms with Crippen LogP contribution in [0.15, 0.2) is 24.3 Å². The maximum atomic E-state index is 12.6. The fraction of sp³-hybridized carbons (Fsp3) is 0.474. The van der Waals surface area contributed by atoms with Crippen LogP contribution in [0.25, 0.3) is 0 Å². The molecule has 1 N–H and O–H groups in total. The SMILES string of the molecule is CCOc1ccccc1CCNC(=O)c1c2c(nn1C)CCCC2. The zero-order valence-electron chi connectivity index (χ0n) is 14.5. The number of rotatable bonds is 6. The third kappa shape index (κ3) is 3.45. The average molecular weight is 327 g/mol. The largest absolute Gasteiger partial charge is 0.494 e. The first kappa shape index (κ1) is 16.6. The number of fused-ring (bicyclic) bond motifs is 1. The average Bonchev–Trinajstić information content (AvgIpc) is 2.92. The molecule has 1 aliphatic carbocycles. The number of nitrogens with one attached hydrogen (secondary N) is 1. The predicted octanol–water partition coefficient (Wildman–Crippen LogP) is 2.67. The minimum Gasteiger partial charge on any atom is -0.494 e. The lowest BCUT2D eigenvalue weighted by molar-refractivity contribution is 0.0943. The van der Waals surface area contributed by atoms with Gasteiger partial charge in [-0.2, -0.15) is 5.10 Å². The van der Waals surface area contributed by atoms with Gasteiger partial charge in [0.05, 0.1) is 12.3 Å². The maximum absolute atomic E-state index is 12.6. The van der Waals surface area contributed by atoms with Gasteiger partial charge in [0, 0.05) is 19.2 Å². The van der Waals surface area contributed by atoms with E-state index in [2.05, 4.69) is 10.4 Å². The second kappa shape index (κ2) is 7.51. The van der Waals surface area contributed by atoms with Crippen LogP contribution in [0.5, 0.6) is 5.75 Å². The summed E-state index contributed by atoms with van der Waals surface area (Å²) in [5.74, 6) is 0.870. The van der Waals surface area contributed by atoms with Gasteiger partial charge in [0.25, 0.3) is 5.91 Å². The Morgan fingerprint density at radius 1 is 1.29 bits per heavy atom. The van der Waals surface area contributed by atoms with Crippen molar-refractivity contribution in [3.63, 3.8) is 0 Å². The number of hydrogen-bond acceptors (Lipinski definition) is 3. The summed E-state index contributed by atoms with van der Waals surface area (Å²) in [5, 5.41) is 7.55. The van der Waals surface area contributed by atoms with Crippen LogP contribution in [-0.4, -0.2) is 28.8 Å². The molecule has 2 aromatic rings. The number of para-hydroxylation sites is 1. The van der Waals surface area contributed by atoms with Crippen molar-refractivity contribution in [3.8, 4) is 5.75 Å². The van der Waals surface area contributed by atoms with E-state index in [4.69, 9.17) is 4.74 Å². The summed E-state index contributed by atoms with van der Waals surface area (Å²) in [4.78, 5) is 12.6. The van der Waals surface area contributed by atoms with E-state index in [1.807, 2.05) is 38.2 Å². The molecule has 5 nitrogen and oxygen atoms in total. The molecule has 0 fully saturated rings. The zero-order valence-corrected chi connectivity index (χ0v) is 14.5. The summed E-state index contributed by atoms with van der Waals surface area (Å²) >= 11 is 0. The van der Waals surface area contributed by atoms with Gasteiger partial charge in [-0.15, -0.1) is 0 Å². The zero-order chi connectivity index (χ0) is 16.9. The highest BCUT2D eigenvalue weighted by molar-refractivity contribution is 5.94. The fourth-order valence-corrected chi connectivity index (χ4v) is 3.37. The van der Waals surface area contributed by atoms with Crippen LogP contribution in [0.4, 0.5) is 0 Å². The maximum Gasteiger partial charge on any atom is 0.269 e. The van der Waals surface area contributed by atoms with Crippen molar-refractivity contribution < 1.29 is 9.53 Å². The number of aryl methyl sites for hydroxylation is 2. The van der Waals surface area contributed by atoms with Crippen LogP contribution in [-0.2, 0) is 26.3 Å². The minimum atomic E-state index is -0.0259. The molecular weight excluding hydrogens is 302 g/mol. The molecule has 24 heavy (non-hydrogen) atoms. The molecule has 0 bridgehead atoms. The normalized spacial score (nSPS) is 13.4. The predicted molar refractivity (Wildman–Crippen MR) is 93.5 cm³/mol. The first-order valence-electron chi connectivity index (χ1n) is 8.74. The molecule has 0 atom stereocenters. The van der Waals surface area contributed by atoms with Crippen molar-refractivity contribution in [2.45, 2.75) is 39.0 Å². The van der Waals surface area contributed by atoms with E-state index < -0.39 is 0 Å². The van der Waals surface area contributed by atoms with Crippen molar-refractivity contribution in [1.82, 2.24) is 15.1 Å². The smallest absolute Gasteiger partial charge is 0.269 e. The first-order chi connectivity index (χ1) is 11.7. The Kier molecular flexibility index (Phi) is 5.18. The van der Waals surface area contributed by atoms with Crippen molar-refractivity contribution in [2.24, 2.45) is 7.05 Å². The standard InChI is InChI=1S/C19H25N3O2/c1-3-24-17-11-7-4-8-14(17)12-13-20-19(23)18-15-9-5-6-10-16(15)21-22(18)2/h4,7-8,11H,3,5-6,9-10,12-13H2,1-2H3,(H,20,23). The van der Waals surface area contributed by atoms with Gasteiger partial charge in [0.15, 0.2) is 0 Å². The number of benzene rings is 1. The molecule has 1 aromatic heterocycles. The lowest BCUT2D eigenvalue weighted by Gasteiger charge is -2.12. The molecule has 3 rings (SSSR count). The van der Waals surface area contributed by atoms with E-state index in [1.165, 1.54) is 6.42 Å². The molecule has 128 valence electrons. The molecule has 1 aliphatic rings. The number of carbonyl (C=O) groups is 1. The minimum absolute atomic E-state index is 0.0259. The molecule has 1 heterocycles. The van der Waals surface area contributed by atoms with Crippen molar-refractivity contribution >= 4 is 5.91 Å². The van der Waals surface area contributed by atoms with Crippen molar-refractivity contribution in [3.05, 3.63) is 46.8 Å². The number of aromatic nitrogens is 2. The van der Waals surface area contributed by atoms with E-state index in [0.717, 1.165) is 53.9 Å². The molecule has 5 heteroatoms. The number of carbonyl (C=O) groups excluding carboxylic acids is 1. The molecule has 1 amide bonds. The highest BCUT2D eigenvalue weighted by Gasteiger charge is 2.23. The molecule has 0 saturated heterocycles. The van der Waals surface area contributed by atoms with Gasteiger partial charge in [-0.1, -0.05) is 18.2 Å². The highest BCUT2D eigenvalue weighted by Crippen LogP contribution is 2.23. The second-order valence-corrected chi connectivity index (χ2v) is 6.15. The van der Waals surface area contributed by atoms with E-state index in [-0.39, 0.29) is 5.91 Å². The van der Waals surface area contributed by atoms with Gasteiger partial charge >= 0.3 is 0 Å². The Bertz CT molecular complexity index is 721. The molecular formula is C19H25N3O2. The van der Waals surface area contributed by atoms with Crippen LogP contribution < -0.4 is 10.1 Å². The Morgan fingerprint density at radius 3 is 2.92 bits per heavy atom.